The maximum absolute atomic E-state index is 13.6. The highest BCUT2D eigenvalue weighted by Crippen LogP contribution is 2.39. The third kappa shape index (κ3) is 10.8. The molecular weight excluding hydrogens is 536 g/mol. The summed E-state index contributed by atoms with van der Waals surface area (Å²) in [5.74, 6) is -0.127. The Morgan fingerprint density at radius 3 is 1.12 bits per heavy atom. The molecule has 0 bridgehead atoms. The van der Waals surface area contributed by atoms with Crippen molar-refractivity contribution in [3.8, 4) is 0 Å². The fourth-order valence-electron chi connectivity index (χ4n) is 6.86. The highest BCUT2D eigenvalue weighted by Gasteiger charge is 2.42. The molecule has 4 N–H and O–H groups in total. The summed E-state index contributed by atoms with van der Waals surface area (Å²) in [6.07, 6.45) is 1.60. The lowest BCUT2D eigenvalue weighted by Crippen LogP contribution is -2.50. The minimum Gasteiger partial charge on any atom is -0.387 e. The zero-order valence-electron chi connectivity index (χ0n) is 28.3. The van der Waals surface area contributed by atoms with E-state index >= 15 is 0 Å². The number of hydrogen-bond acceptors (Lipinski definition) is 4. The molecule has 2 amide bonds. The summed E-state index contributed by atoms with van der Waals surface area (Å²) in [6, 6.07) is 14.2. The first-order valence-electron chi connectivity index (χ1n) is 16.1. The van der Waals surface area contributed by atoms with Crippen molar-refractivity contribution >= 4 is 11.8 Å². The van der Waals surface area contributed by atoms with Crippen LogP contribution in [0.3, 0.4) is 0 Å². The summed E-state index contributed by atoms with van der Waals surface area (Å²) in [5.41, 5.74) is 1.24. The predicted octanol–water partition coefficient (Wildman–Crippen LogP) is 7.35. The molecule has 0 aliphatic heterocycles. The number of aliphatic hydroxyl groups is 2. The molecule has 0 fully saturated rings. The van der Waals surface area contributed by atoms with E-state index < -0.39 is 41.5 Å². The molecule has 0 aliphatic carbocycles. The summed E-state index contributed by atoms with van der Waals surface area (Å²) < 4.78 is 0. The highest BCUT2D eigenvalue weighted by atomic mass is 16.3. The van der Waals surface area contributed by atoms with Gasteiger partial charge >= 0.3 is 0 Å². The minimum atomic E-state index is -1.20. The molecule has 2 rings (SSSR count). The second-order valence-corrected chi connectivity index (χ2v) is 14.5. The largest absolute Gasteiger partial charge is 0.387 e. The monoisotopic (exact) mass is 594 g/mol. The van der Waals surface area contributed by atoms with E-state index in [1.54, 1.807) is 0 Å². The molecule has 2 aromatic carbocycles. The van der Waals surface area contributed by atoms with E-state index in [0.717, 1.165) is 22.3 Å². The number of carbonyl (C=O) groups excluding carboxylic acids is 2. The van der Waals surface area contributed by atoms with Gasteiger partial charge in [0.25, 0.3) is 0 Å². The third-order valence-electron chi connectivity index (χ3n) is 8.05. The molecule has 0 radical (unpaired) electrons. The molecule has 0 aromatic heterocycles. The lowest BCUT2D eigenvalue weighted by Gasteiger charge is -2.41. The fourth-order valence-corrected chi connectivity index (χ4v) is 6.86. The lowest BCUT2D eigenvalue weighted by atomic mass is 9.76. The summed E-state index contributed by atoms with van der Waals surface area (Å²) in [7, 11) is 0. The van der Waals surface area contributed by atoms with Crippen LogP contribution in [0.4, 0.5) is 0 Å². The standard InChI is InChI=1S/C37H58N2O4/c1-24(2)20-36(42,21-25(3)4)34(30-17-13-11-15-28(30)9)38-32(40)19-33(41)39-35(31-18-14-12-16-29(31)10)37(43,22-26(5)6)23-27(7)8/h11-18,24-27,34-35,42-43H,19-23H2,1-10H3,(H,38,40)(H,39,41)/t34-,35-/m1/s1. The number of benzene rings is 2. The Labute approximate surface area is 261 Å². The topological polar surface area (TPSA) is 98.7 Å². The molecular formula is C37H58N2O4. The Bertz CT molecular complexity index is 1080. The quantitative estimate of drug-likeness (QED) is 0.153. The van der Waals surface area contributed by atoms with Gasteiger partial charge in [0.15, 0.2) is 0 Å². The number of rotatable bonds is 16. The van der Waals surface area contributed by atoms with Crippen LogP contribution in [0.1, 0.15) is 122 Å². The van der Waals surface area contributed by atoms with E-state index in [9.17, 15) is 19.8 Å². The smallest absolute Gasteiger partial charge is 0.230 e. The number of amides is 2. The van der Waals surface area contributed by atoms with Crippen LogP contribution in [0.5, 0.6) is 0 Å². The number of carbonyl (C=O) groups is 2. The van der Waals surface area contributed by atoms with E-state index in [1.165, 1.54) is 0 Å². The molecule has 6 heteroatoms. The molecule has 43 heavy (non-hydrogen) atoms. The number of hydrogen-bond donors (Lipinski definition) is 4. The van der Waals surface area contributed by atoms with Crippen LogP contribution < -0.4 is 10.6 Å². The van der Waals surface area contributed by atoms with E-state index in [2.05, 4.69) is 66.0 Å². The highest BCUT2D eigenvalue weighted by molar-refractivity contribution is 5.97. The molecule has 0 saturated heterocycles. The predicted molar refractivity (Wildman–Crippen MR) is 176 cm³/mol. The minimum absolute atomic E-state index is 0.199. The van der Waals surface area contributed by atoms with Crippen LogP contribution in [0.25, 0.3) is 0 Å². The van der Waals surface area contributed by atoms with Crippen molar-refractivity contribution in [1.82, 2.24) is 10.6 Å². The Kier molecular flexibility index (Phi) is 13.5. The third-order valence-corrected chi connectivity index (χ3v) is 8.05. The van der Waals surface area contributed by atoms with Crippen LogP contribution in [-0.2, 0) is 9.59 Å². The van der Waals surface area contributed by atoms with Crippen molar-refractivity contribution in [3.63, 3.8) is 0 Å². The van der Waals surface area contributed by atoms with Crippen LogP contribution in [-0.4, -0.2) is 33.2 Å². The zero-order valence-corrected chi connectivity index (χ0v) is 28.3. The van der Waals surface area contributed by atoms with Gasteiger partial charge in [-0.15, -0.1) is 0 Å². The van der Waals surface area contributed by atoms with Crippen molar-refractivity contribution in [2.45, 2.75) is 125 Å². The molecule has 0 unspecified atom stereocenters. The molecule has 2 atom stereocenters. The SMILES string of the molecule is Cc1ccccc1[C@@H](NC(=O)CC(=O)N[C@H](c1ccccc1C)C(O)(CC(C)C)CC(C)C)C(O)(CC(C)C)CC(C)C. The van der Waals surface area contributed by atoms with Gasteiger partial charge in [-0.2, -0.15) is 0 Å². The van der Waals surface area contributed by atoms with Crippen molar-refractivity contribution in [3.05, 3.63) is 70.8 Å². The van der Waals surface area contributed by atoms with E-state index in [-0.39, 0.29) is 23.7 Å². The molecule has 2 aromatic rings. The molecule has 0 aliphatic rings. The van der Waals surface area contributed by atoms with Crippen LogP contribution in [0, 0.1) is 37.5 Å². The Morgan fingerprint density at radius 1 is 0.581 bits per heavy atom. The average molecular weight is 595 g/mol. The summed E-state index contributed by atoms with van der Waals surface area (Å²) in [4.78, 5) is 27.2. The summed E-state index contributed by atoms with van der Waals surface area (Å²) >= 11 is 0. The van der Waals surface area contributed by atoms with Crippen molar-refractivity contribution in [2.24, 2.45) is 23.7 Å². The van der Waals surface area contributed by atoms with Crippen LogP contribution >= 0.6 is 0 Å². The first kappa shape index (κ1) is 36.5. The van der Waals surface area contributed by atoms with Gasteiger partial charge in [-0.1, -0.05) is 104 Å². The van der Waals surface area contributed by atoms with Gasteiger partial charge in [0.1, 0.15) is 6.42 Å². The molecule has 0 heterocycles. The Hall–Kier alpha value is -2.70. The second-order valence-electron chi connectivity index (χ2n) is 14.5. The first-order valence-corrected chi connectivity index (χ1v) is 16.1. The molecule has 0 saturated carbocycles. The second kappa shape index (κ2) is 15.9. The van der Waals surface area contributed by atoms with E-state index in [4.69, 9.17) is 0 Å². The zero-order chi connectivity index (χ0) is 32.5. The van der Waals surface area contributed by atoms with Crippen molar-refractivity contribution in [2.75, 3.05) is 0 Å². The van der Waals surface area contributed by atoms with Gasteiger partial charge in [0.2, 0.25) is 11.8 Å². The molecule has 240 valence electrons. The summed E-state index contributed by atoms with van der Waals surface area (Å²) in [6.45, 7) is 20.5. The van der Waals surface area contributed by atoms with Gasteiger partial charge < -0.3 is 20.8 Å². The van der Waals surface area contributed by atoms with E-state index in [0.29, 0.717) is 25.7 Å². The maximum atomic E-state index is 13.6. The molecule has 0 spiro atoms. The number of nitrogens with one attached hydrogen (secondary N) is 2. The van der Waals surface area contributed by atoms with Gasteiger partial charge in [0.05, 0.1) is 23.3 Å². The van der Waals surface area contributed by atoms with E-state index in [1.807, 2.05) is 62.4 Å². The fraction of sp³-hybridized carbons (Fsp3) is 0.622. The van der Waals surface area contributed by atoms with Crippen molar-refractivity contribution < 1.29 is 19.8 Å². The van der Waals surface area contributed by atoms with Gasteiger partial charge in [0, 0.05) is 0 Å². The number of aryl methyl sites for hydroxylation is 2. The Morgan fingerprint density at radius 2 is 0.860 bits per heavy atom. The molecule has 6 nitrogen and oxygen atoms in total. The average Bonchev–Trinajstić information content (AvgIpc) is 2.85. The Balaban J connectivity index is 2.43. The summed E-state index contributed by atoms with van der Waals surface area (Å²) in [5, 5.41) is 30.4. The van der Waals surface area contributed by atoms with Gasteiger partial charge in [-0.05, 0) is 85.5 Å². The lowest BCUT2D eigenvalue weighted by molar-refractivity contribution is -0.134. The maximum Gasteiger partial charge on any atom is 0.230 e. The van der Waals surface area contributed by atoms with Crippen LogP contribution in [0.2, 0.25) is 0 Å². The van der Waals surface area contributed by atoms with Gasteiger partial charge in [-0.3, -0.25) is 9.59 Å². The van der Waals surface area contributed by atoms with Crippen LogP contribution in [0.15, 0.2) is 48.5 Å². The van der Waals surface area contributed by atoms with Gasteiger partial charge in [-0.25, -0.2) is 0 Å². The first-order chi connectivity index (χ1) is 20.0. The normalized spacial score (nSPS) is 14.0. The van der Waals surface area contributed by atoms with Crippen molar-refractivity contribution in [1.29, 1.82) is 0 Å².